The molecule has 0 spiro atoms. The van der Waals surface area contributed by atoms with E-state index < -0.39 is 5.97 Å². The third-order valence-corrected chi connectivity index (χ3v) is 1.36. The van der Waals surface area contributed by atoms with Gasteiger partial charge in [-0.1, -0.05) is 6.08 Å². The zero-order chi connectivity index (χ0) is 8.81. The summed E-state index contributed by atoms with van der Waals surface area (Å²) in [5.41, 5.74) is 0. The molecule has 0 saturated heterocycles. The smallest absolute Gasteiger partial charge is 0.327 e. The highest BCUT2D eigenvalue weighted by atomic mass is 16.4. The molecule has 0 saturated carbocycles. The van der Waals surface area contributed by atoms with Crippen molar-refractivity contribution in [3.8, 4) is 0 Å². The summed E-state index contributed by atoms with van der Waals surface area (Å²) in [6, 6.07) is 0. The molecule has 0 aliphatic rings. The van der Waals surface area contributed by atoms with Crippen molar-refractivity contribution in [2.75, 3.05) is 0 Å². The van der Waals surface area contributed by atoms with Crippen LogP contribution in [0.3, 0.4) is 0 Å². The Balaban J connectivity index is 2.23. The number of hydrogen-bond donors (Lipinski definition) is 2. The number of H-pyrrole nitrogens is 1. The number of aromatic amines is 1. The number of carboxylic acids is 1. The van der Waals surface area contributed by atoms with E-state index in [1.807, 2.05) is 0 Å². The zero-order valence-corrected chi connectivity index (χ0v) is 6.53. The molecule has 1 aromatic rings. The standard InChI is InChI=1S/C8H10N2O2/c11-8(12)4-2-1-3-7-9-5-6-10-7/h2,4-6H,1,3H2,(H,9,10)(H,11,12)/b4-2+. The lowest BCUT2D eigenvalue weighted by atomic mass is 10.3. The SMILES string of the molecule is O=C(O)/C=C/CCc1ncc[nH]1. The van der Waals surface area contributed by atoms with Crippen LogP contribution in [0.5, 0.6) is 0 Å². The van der Waals surface area contributed by atoms with Gasteiger partial charge in [-0.3, -0.25) is 0 Å². The third kappa shape index (κ3) is 3.01. The molecule has 0 unspecified atom stereocenters. The number of nitrogens with zero attached hydrogens (tertiary/aromatic N) is 1. The first-order valence-corrected chi connectivity index (χ1v) is 3.67. The van der Waals surface area contributed by atoms with Crippen LogP contribution in [0.4, 0.5) is 0 Å². The molecule has 0 aliphatic heterocycles. The summed E-state index contributed by atoms with van der Waals surface area (Å²) >= 11 is 0. The Morgan fingerprint density at radius 1 is 1.75 bits per heavy atom. The van der Waals surface area contributed by atoms with E-state index in [4.69, 9.17) is 5.11 Å². The van der Waals surface area contributed by atoms with Crippen LogP contribution >= 0.6 is 0 Å². The van der Waals surface area contributed by atoms with E-state index in [1.165, 1.54) is 0 Å². The largest absolute Gasteiger partial charge is 0.478 e. The van der Waals surface area contributed by atoms with Crippen molar-refractivity contribution in [1.82, 2.24) is 9.97 Å². The number of carboxylic acid groups (broad SMARTS) is 1. The van der Waals surface area contributed by atoms with E-state index in [9.17, 15) is 4.79 Å². The molecule has 1 heterocycles. The molecule has 2 N–H and O–H groups in total. The summed E-state index contributed by atoms with van der Waals surface area (Å²) in [7, 11) is 0. The van der Waals surface area contributed by atoms with E-state index in [2.05, 4.69) is 9.97 Å². The molecule has 64 valence electrons. The van der Waals surface area contributed by atoms with Crippen LogP contribution < -0.4 is 0 Å². The van der Waals surface area contributed by atoms with Crippen molar-refractivity contribution in [1.29, 1.82) is 0 Å². The van der Waals surface area contributed by atoms with Crippen molar-refractivity contribution in [3.05, 3.63) is 30.4 Å². The lowest BCUT2D eigenvalue weighted by molar-refractivity contribution is -0.131. The van der Waals surface area contributed by atoms with Crippen molar-refractivity contribution in [2.24, 2.45) is 0 Å². The number of aliphatic carboxylic acids is 1. The number of nitrogens with one attached hydrogen (secondary N) is 1. The van der Waals surface area contributed by atoms with Gasteiger partial charge in [0.25, 0.3) is 0 Å². The summed E-state index contributed by atoms with van der Waals surface area (Å²) in [5, 5.41) is 8.26. The molecule has 0 fully saturated rings. The molecule has 12 heavy (non-hydrogen) atoms. The Kier molecular flexibility index (Phi) is 3.07. The van der Waals surface area contributed by atoms with Gasteiger partial charge in [-0.2, -0.15) is 0 Å². The number of rotatable bonds is 4. The fourth-order valence-electron chi connectivity index (χ4n) is 0.839. The second-order valence-electron chi connectivity index (χ2n) is 2.32. The Hall–Kier alpha value is -1.58. The van der Waals surface area contributed by atoms with E-state index >= 15 is 0 Å². The molecule has 4 heteroatoms. The average Bonchev–Trinajstić information content (AvgIpc) is 2.49. The van der Waals surface area contributed by atoms with Gasteiger partial charge in [0.1, 0.15) is 5.82 Å². The summed E-state index contributed by atoms with van der Waals surface area (Å²) < 4.78 is 0. The van der Waals surface area contributed by atoms with Gasteiger partial charge in [0, 0.05) is 24.9 Å². The summed E-state index contributed by atoms with van der Waals surface area (Å²) in [6.45, 7) is 0. The number of imidazole rings is 1. The van der Waals surface area contributed by atoms with Gasteiger partial charge in [0.15, 0.2) is 0 Å². The van der Waals surface area contributed by atoms with E-state index in [0.29, 0.717) is 6.42 Å². The second kappa shape index (κ2) is 4.33. The number of hydrogen-bond acceptors (Lipinski definition) is 2. The third-order valence-electron chi connectivity index (χ3n) is 1.36. The number of carbonyl (C=O) groups is 1. The van der Waals surface area contributed by atoms with Crippen molar-refractivity contribution in [2.45, 2.75) is 12.8 Å². The van der Waals surface area contributed by atoms with Gasteiger partial charge < -0.3 is 10.1 Å². The highest BCUT2D eigenvalue weighted by Crippen LogP contribution is 1.95. The minimum atomic E-state index is -0.908. The molecule has 1 rings (SSSR count). The van der Waals surface area contributed by atoms with Crippen LogP contribution in [0.1, 0.15) is 12.2 Å². The molecule has 0 aromatic carbocycles. The predicted octanol–water partition coefficient (Wildman–Crippen LogP) is 0.983. The Labute approximate surface area is 70.0 Å². The van der Waals surface area contributed by atoms with Gasteiger partial charge in [-0.05, 0) is 6.42 Å². The number of aromatic nitrogens is 2. The lowest BCUT2D eigenvalue weighted by Gasteiger charge is -1.89. The first-order chi connectivity index (χ1) is 5.79. The Morgan fingerprint density at radius 3 is 3.17 bits per heavy atom. The first kappa shape index (κ1) is 8.52. The first-order valence-electron chi connectivity index (χ1n) is 3.67. The maximum Gasteiger partial charge on any atom is 0.327 e. The normalized spacial score (nSPS) is 10.7. The van der Waals surface area contributed by atoms with Gasteiger partial charge in [0.2, 0.25) is 0 Å². The van der Waals surface area contributed by atoms with Crippen molar-refractivity contribution in [3.63, 3.8) is 0 Å². The van der Waals surface area contributed by atoms with Crippen LogP contribution in [0.2, 0.25) is 0 Å². The molecule has 4 nitrogen and oxygen atoms in total. The molecule has 0 atom stereocenters. The Morgan fingerprint density at radius 2 is 2.58 bits per heavy atom. The van der Waals surface area contributed by atoms with E-state index in [-0.39, 0.29) is 0 Å². The summed E-state index contributed by atoms with van der Waals surface area (Å²) in [4.78, 5) is 17.0. The predicted molar refractivity (Wildman–Crippen MR) is 43.7 cm³/mol. The van der Waals surface area contributed by atoms with Crippen molar-refractivity contribution >= 4 is 5.97 Å². The molecular formula is C8H10N2O2. The van der Waals surface area contributed by atoms with Crippen LogP contribution in [-0.4, -0.2) is 21.0 Å². The van der Waals surface area contributed by atoms with Crippen LogP contribution in [0, 0.1) is 0 Å². The van der Waals surface area contributed by atoms with Crippen LogP contribution in [-0.2, 0) is 11.2 Å². The average molecular weight is 166 g/mol. The molecule has 0 radical (unpaired) electrons. The lowest BCUT2D eigenvalue weighted by Crippen LogP contribution is -1.88. The van der Waals surface area contributed by atoms with Crippen LogP contribution in [0.25, 0.3) is 0 Å². The molecule has 0 bridgehead atoms. The summed E-state index contributed by atoms with van der Waals surface area (Å²) in [5.74, 6) is -0.0283. The van der Waals surface area contributed by atoms with E-state index in [0.717, 1.165) is 18.3 Å². The molecule has 0 amide bonds. The maximum atomic E-state index is 10.1. The molecule has 0 aliphatic carbocycles. The number of aryl methyl sites for hydroxylation is 1. The zero-order valence-electron chi connectivity index (χ0n) is 6.53. The highest BCUT2D eigenvalue weighted by Gasteiger charge is 1.91. The highest BCUT2D eigenvalue weighted by molar-refractivity contribution is 5.79. The monoisotopic (exact) mass is 166 g/mol. The quantitative estimate of drug-likeness (QED) is 0.655. The topological polar surface area (TPSA) is 66.0 Å². The van der Waals surface area contributed by atoms with E-state index in [1.54, 1.807) is 18.5 Å². The minimum Gasteiger partial charge on any atom is -0.478 e. The fourth-order valence-corrected chi connectivity index (χ4v) is 0.839. The number of allylic oxidation sites excluding steroid dienone is 1. The van der Waals surface area contributed by atoms with Gasteiger partial charge in [-0.25, -0.2) is 9.78 Å². The maximum absolute atomic E-state index is 10.1. The van der Waals surface area contributed by atoms with Gasteiger partial charge in [-0.15, -0.1) is 0 Å². The van der Waals surface area contributed by atoms with Crippen molar-refractivity contribution < 1.29 is 9.90 Å². The summed E-state index contributed by atoms with van der Waals surface area (Å²) in [6.07, 6.45) is 7.62. The minimum absolute atomic E-state index is 0.694. The molecular weight excluding hydrogens is 156 g/mol. The van der Waals surface area contributed by atoms with Gasteiger partial charge in [0.05, 0.1) is 0 Å². The second-order valence-corrected chi connectivity index (χ2v) is 2.32. The Bertz CT molecular complexity index is 265. The molecule has 1 aromatic heterocycles. The van der Waals surface area contributed by atoms with Crippen LogP contribution in [0.15, 0.2) is 24.5 Å². The van der Waals surface area contributed by atoms with Gasteiger partial charge >= 0.3 is 5.97 Å². The fraction of sp³-hybridized carbons (Fsp3) is 0.250.